The Morgan fingerprint density at radius 1 is 1.60 bits per heavy atom. The molecule has 110 valence electrons. The number of hydrogen-bond donors (Lipinski definition) is 3. The Hall–Kier alpha value is -2.15. The molecular formula is C13H18FN3O3. The molecule has 20 heavy (non-hydrogen) atoms. The first-order chi connectivity index (χ1) is 9.47. The minimum atomic E-state index is -0.633. The Morgan fingerprint density at radius 3 is 2.90 bits per heavy atom. The molecule has 0 aliphatic carbocycles. The first-order valence-electron chi connectivity index (χ1n) is 6.08. The van der Waals surface area contributed by atoms with Crippen LogP contribution in [0, 0.1) is 5.82 Å². The Bertz CT molecular complexity index is 506. The molecule has 0 bridgehead atoms. The van der Waals surface area contributed by atoms with Gasteiger partial charge in [-0.05, 0) is 31.5 Å². The third kappa shape index (κ3) is 4.51. The molecule has 1 rings (SSSR count). The Kier molecular flexibility index (Phi) is 5.92. The van der Waals surface area contributed by atoms with Crippen LogP contribution in [0.2, 0.25) is 0 Å². The van der Waals surface area contributed by atoms with E-state index in [9.17, 15) is 9.18 Å². The number of nitrogens with two attached hydrogens (primary N) is 1. The van der Waals surface area contributed by atoms with Crippen molar-refractivity contribution in [2.24, 2.45) is 10.9 Å². The molecule has 0 aliphatic rings. The summed E-state index contributed by atoms with van der Waals surface area (Å²) >= 11 is 0. The average Bonchev–Trinajstić information content (AvgIpc) is 2.45. The molecule has 1 amide bonds. The van der Waals surface area contributed by atoms with E-state index in [0.717, 1.165) is 6.07 Å². The number of benzene rings is 1. The second-order valence-corrected chi connectivity index (χ2v) is 4.31. The van der Waals surface area contributed by atoms with Crippen LogP contribution in [0.1, 0.15) is 25.3 Å². The fourth-order valence-electron chi connectivity index (χ4n) is 1.53. The van der Waals surface area contributed by atoms with E-state index in [2.05, 4.69) is 10.5 Å². The highest BCUT2D eigenvalue weighted by Gasteiger charge is 2.10. The number of methoxy groups -OCH3 is 1. The number of hydrogen-bond acceptors (Lipinski definition) is 4. The molecule has 7 heteroatoms. The van der Waals surface area contributed by atoms with E-state index < -0.39 is 5.82 Å². The van der Waals surface area contributed by atoms with Gasteiger partial charge in [0.2, 0.25) is 5.91 Å². The standard InChI is InChI=1S/C13H18FN3O3/c1-8(20-2)3-6-12(18)16-9-4-5-11(14)10(7-9)13(15)17-19/h4-5,7-8,19H,3,6H2,1-2H3,(H2,15,17)(H,16,18). The van der Waals surface area contributed by atoms with Gasteiger partial charge >= 0.3 is 0 Å². The highest BCUT2D eigenvalue weighted by Crippen LogP contribution is 2.15. The average molecular weight is 283 g/mol. The van der Waals surface area contributed by atoms with Crippen molar-refractivity contribution in [2.75, 3.05) is 12.4 Å². The number of nitrogens with one attached hydrogen (secondary N) is 1. The second kappa shape index (κ2) is 7.44. The van der Waals surface area contributed by atoms with Gasteiger partial charge in [0, 0.05) is 19.2 Å². The van der Waals surface area contributed by atoms with Crippen LogP contribution in [-0.2, 0) is 9.53 Å². The van der Waals surface area contributed by atoms with Gasteiger partial charge in [-0.2, -0.15) is 0 Å². The first kappa shape index (κ1) is 15.9. The number of ether oxygens (including phenoxy) is 1. The van der Waals surface area contributed by atoms with Gasteiger partial charge in [0.05, 0.1) is 11.7 Å². The number of amidine groups is 1. The van der Waals surface area contributed by atoms with Gasteiger partial charge < -0.3 is 21.0 Å². The summed E-state index contributed by atoms with van der Waals surface area (Å²) in [4.78, 5) is 11.7. The predicted octanol–water partition coefficient (Wildman–Crippen LogP) is 1.67. The predicted molar refractivity (Wildman–Crippen MR) is 73.2 cm³/mol. The molecule has 0 saturated carbocycles. The van der Waals surface area contributed by atoms with Crippen molar-refractivity contribution in [3.05, 3.63) is 29.6 Å². The molecule has 6 nitrogen and oxygen atoms in total. The zero-order valence-electron chi connectivity index (χ0n) is 11.4. The van der Waals surface area contributed by atoms with Crippen molar-refractivity contribution in [1.29, 1.82) is 0 Å². The van der Waals surface area contributed by atoms with Gasteiger partial charge in [0.25, 0.3) is 0 Å². The van der Waals surface area contributed by atoms with Gasteiger partial charge in [0.1, 0.15) is 5.82 Å². The van der Waals surface area contributed by atoms with Gasteiger partial charge in [0.15, 0.2) is 5.84 Å². The van der Waals surface area contributed by atoms with Gasteiger partial charge in [-0.25, -0.2) is 4.39 Å². The van der Waals surface area contributed by atoms with Crippen molar-refractivity contribution in [2.45, 2.75) is 25.9 Å². The number of nitrogens with zero attached hydrogens (tertiary/aromatic N) is 1. The minimum Gasteiger partial charge on any atom is -0.409 e. The number of rotatable bonds is 6. The largest absolute Gasteiger partial charge is 0.409 e. The van der Waals surface area contributed by atoms with Crippen LogP contribution >= 0.6 is 0 Å². The summed E-state index contributed by atoms with van der Waals surface area (Å²) in [6.45, 7) is 1.86. The van der Waals surface area contributed by atoms with E-state index in [0.29, 0.717) is 12.1 Å². The number of anilines is 1. The maximum Gasteiger partial charge on any atom is 0.224 e. The summed E-state index contributed by atoms with van der Waals surface area (Å²) in [6, 6.07) is 3.85. The lowest BCUT2D eigenvalue weighted by Crippen LogP contribution is -2.18. The zero-order valence-corrected chi connectivity index (χ0v) is 11.4. The third-order valence-electron chi connectivity index (χ3n) is 2.81. The summed E-state index contributed by atoms with van der Waals surface area (Å²) in [5.74, 6) is -1.20. The number of halogens is 1. The van der Waals surface area contributed by atoms with E-state index in [1.54, 1.807) is 7.11 Å². The van der Waals surface area contributed by atoms with E-state index in [1.165, 1.54) is 12.1 Å². The summed E-state index contributed by atoms with van der Waals surface area (Å²) in [6.07, 6.45) is 0.851. The SMILES string of the molecule is COC(C)CCC(=O)Nc1ccc(F)c(/C(N)=N/O)c1. The van der Waals surface area contributed by atoms with E-state index >= 15 is 0 Å². The molecule has 0 aliphatic heterocycles. The van der Waals surface area contributed by atoms with Gasteiger partial charge in [-0.15, -0.1) is 0 Å². The zero-order chi connectivity index (χ0) is 15.1. The van der Waals surface area contributed by atoms with Crippen LogP contribution in [0.25, 0.3) is 0 Å². The van der Waals surface area contributed by atoms with Crippen LogP contribution in [0.15, 0.2) is 23.4 Å². The summed E-state index contributed by atoms with van der Waals surface area (Å²) in [5, 5.41) is 13.9. The van der Waals surface area contributed by atoms with Crippen LogP contribution in [0.5, 0.6) is 0 Å². The second-order valence-electron chi connectivity index (χ2n) is 4.31. The maximum atomic E-state index is 13.4. The third-order valence-corrected chi connectivity index (χ3v) is 2.81. The number of amides is 1. The normalized spacial score (nSPS) is 13.1. The summed E-state index contributed by atoms with van der Waals surface area (Å²) in [7, 11) is 1.58. The highest BCUT2D eigenvalue weighted by atomic mass is 19.1. The molecule has 4 N–H and O–H groups in total. The fraction of sp³-hybridized carbons (Fsp3) is 0.385. The molecule has 0 heterocycles. The Labute approximate surface area is 116 Å². The number of oxime groups is 1. The molecule has 1 atom stereocenters. The fourth-order valence-corrected chi connectivity index (χ4v) is 1.53. The molecule has 0 spiro atoms. The van der Waals surface area contributed by atoms with Crippen molar-refractivity contribution >= 4 is 17.4 Å². The quantitative estimate of drug-likeness (QED) is 0.320. The summed E-state index contributed by atoms with van der Waals surface area (Å²) < 4.78 is 18.5. The lowest BCUT2D eigenvalue weighted by Gasteiger charge is -2.10. The van der Waals surface area contributed by atoms with Crippen molar-refractivity contribution < 1.29 is 19.1 Å². The topological polar surface area (TPSA) is 96.9 Å². The molecule has 1 aromatic rings. The molecule has 0 fully saturated rings. The Morgan fingerprint density at radius 2 is 2.30 bits per heavy atom. The number of carbonyl (C=O) groups excluding carboxylic acids is 1. The number of carbonyl (C=O) groups is 1. The van der Waals surface area contributed by atoms with Crippen molar-refractivity contribution in [3.63, 3.8) is 0 Å². The lowest BCUT2D eigenvalue weighted by atomic mass is 10.1. The van der Waals surface area contributed by atoms with Crippen LogP contribution in [0.3, 0.4) is 0 Å². The van der Waals surface area contributed by atoms with Crippen LogP contribution < -0.4 is 11.1 Å². The van der Waals surface area contributed by atoms with E-state index in [4.69, 9.17) is 15.7 Å². The van der Waals surface area contributed by atoms with Crippen LogP contribution in [0.4, 0.5) is 10.1 Å². The maximum absolute atomic E-state index is 13.4. The smallest absolute Gasteiger partial charge is 0.224 e. The molecule has 0 saturated heterocycles. The van der Waals surface area contributed by atoms with E-state index in [1.807, 2.05) is 6.92 Å². The van der Waals surface area contributed by atoms with Gasteiger partial charge in [-0.1, -0.05) is 5.16 Å². The van der Waals surface area contributed by atoms with Crippen molar-refractivity contribution in [3.8, 4) is 0 Å². The molecule has 0 aromatic heterocycles. The van der Waals surface area contributed by atoms with Gasteiger partial charge in [-0.3, -0.25) is 4.79 Å². The molecule has 1 aromatic carbocycles. The molecule has 1 unspecified atom stereocenters. The highest BCUT2D eigenvalue weighted by molar-refractivity contribution is 5.99. The van der Waals surface area contributed by atoms with E-state index in [-0.39, 0.29) is 29.8 Å². The Balaban J connectivity index is 2.71. The monoisotopic (exact) mass is 283 g/mol. The minimum absolute atomic E-state index is 0.0123. The molecule has 0 radical (unpaired) electrons. The lowest BCUT2D eigenvalue weighted by molar-refractivity contribution is -0.116. The summed E-state index contributed by atoms with van der Waals surface area (Å²) in [5.41, 5.74) is 5.65. The first-order valence-corrected chi connectivity index (χ1v) is 6.08. The van der Waals surface area contributed by atoms with Crippen LogP contribution in [-0.4, -0.2) is 30.2 Å². The molecular weight excluding hydrogens is 265 g/mol. The van der Waals surface area contributed by atoms with Crippen molar-refractivity contribution in [1.82, 2.24) is 0 Å².